The van der Waals surface area contributed by atoms with Gasteiger partial charge in [-0.15, -0.1) is 11.3 Å². The van der Waals surface area contributed by atoms with E-state index in [4.69, 9.17) is 4.74 Å². The topological polar surface area (TPSA) is 34.1 Å². The number of aryl methyl sites for hydroxylation is 1. The van der Waals surface area contributed by atoms with Gasteiger partial charge in [-0.25, -0.2) is 4.98 Å². The van der Waals surface area contributed by atoms with Gasteiger partial charge in [0.25, 0.3) is 0 Å². The van der Waals surface area contributed by atoms with Gasteiger partial charge in [-0.1, -0.05) is 0 Å². The highest BCUT2D eigenvalue weighted by atomic mass is 32.1. The molecule has 0 aromatic carbocycles. The van der Waals surface area contributed by atoms with Crippen LogP contribution in [0, 0.1) is 6.92 Å². The van der Waals surface area contributed by atoms with E-state index in [1.54, 1.807) is 11.3 Å². The lowest BCUT2D eigenvalue weighted by molar-refractivity contribution is 0.110. The van der Waals surface area contributed by atoms with Gasteiger partial charge in [0.05, 0.1) is 6.10 Å². The van der Waals surface area contributed by atoms with Crippen molar-refractivity contribution in [1.29, 1.82) is 0 Å². The Morgan fingerprint density at radius 2 is 2.64 bits per heavy atom. The molecular formula is C10H16N2OS. The van der Waals surface area contributed by atoms with Crippen LogP contribution in [0.3, 0.4) is 0 Å². The third kappa shape index (κ3) is 2.77. The van der Waals surface area contributed by atoms with Crippen molar-refractivity contribution in [3.63, 3.8) is 0 Å². The van der Waals surface area contributed by atoms with Gasteiger partial charge in [-0.3, -0.25) is 0 Å². The fourth-order valence-electron chi connectivity index (χ4n) is 1.63. The first kappa shape index (κ1) is 10.1. The first-order chi connectivity index (χ1) is 6.84. The predicted octanol–water partition coefficient (Wildman–Crippen LogP) is 1.72. The zero-order chi connectivity index (χ0) is 9.80. The van der Waals surface area contributed by atoms with Crippen LogP contribution in [-0.2, 0) is 11.3 Å². The van der Waals surface area contributed by atoms with Gasteiger partial charge in [0.1, 0.15) is 5.01 Å². The molecule has 1 N–H and O–H groups in total. The summed E-state index contributed by atoms with van der Waals surface area (Å²) in [6.45, 7) is 4.79. The molecule has 2 heterocycles. The molecule has 1 aromatic rings. The van der Waals surface area contributed by atoms with Gasteiger partial charge >= 0.3 is 0 Å². The van der Waals surface area contributed by atoms with Crippen LogP contribution in [0.1, 0.15) is 23.5 Å². The molecule has 1 saturated heterocycles. The monoisotopic (exact) mass is 212 g/mol. The molecule has 1 aromatic heterocycles. The second-order valence-electron chi connectivity index (χ2n) is 3.65. The normalized spacial score (nSPS) is 21.6. The summed E-state index contributed by atoms with van der Waals surface area (Å²) in [6.07, 6.45) is 2.84. The third-order valence-corrected chi connectivity index (χ3v) is 3.31. The molecule has 0 aliphatic carbocycles. The fraction of sp³-hybridized carbons (Fsp3) is 0.700. The number of rotatable bonds is 4. The minimum atomic E-state index is 0.427. The Balaban J connectivity index is 1.67. The molecule has 0 spiro atoms. The number of thiazole rings is 1. The molecule has 0 unspecified atom stereocenters. The average molecular weight is 212 g/mol. The lowest BCUT2D eigenvalue weighted by Crippen LogP contribution is -2.25. The van der Waals surface area contributed by atoms with Crippen LogP contribution >= 0.6 is 11.3 Å². The first-order valence-corrected chi connectivity index (χ1v) is 5.96. The van der Waals surface area contributed by atoms with Crippen molar-refractivity contribution in [3.8, 4) is 0 Å². The van der Waals surface area contributed by atoms with Gasteiger partial charge in [0, 0.05) is 30.8 Å². The number of aromatic nitrogens is 1. The first-order valence-electron chi connectivity index (χ1n) is 5.08. The van der Waals surface area contributed by atoms with Crippen molar-refractivity contribution < 1.29 is 4.74 Å². The molecular weight excluding hydrogens is 196 g/mol. The standard InChI is InChI=1S/C10H16N2OS/c1-8-7-14-10(12-8)6-11-5-9-3-2-4-13-9/h7,9,11H,2-6H2,1H3/t9-/m1/s1. The summed E-state index contributed by atoms with van der Waals surface area (Å²) in [7, 11) is 0. The van der Waals surface area contributed by atoms with Crippen molar-refractivity contribution >= 4 is 11.3 Å². The molecule has 78 valence electrons. The maximum atomic E-state index is 5.52. The summed E-state index contributed by atoms with van der Waals surface area (Å²) in [5, 5.41) is 6.63. The summed E-state index contributed by atoms with van der Waals surface area (Å²) in [5.41, 5.74) is 1.11. The van der Waals surface area contributed by atoms with E-state index in [-0.39, 0.29) is 0 Å². The molecule has 14 heavy (non-hydrogen) atoms. The molecule has 4 heteroatoms. The van der Waals surface area contributed by atoms with Crippen molar-refractivity contribution in [2.75, 3.05) is 13.2 Å². The Morgan fingerprint density at radius 1 is 1.71 bits per heavy atom. The molecule has 2 rings (SSSR count). The van der Waals surface area contributed by atoms with E-state index in [0.717, 1.165) is 25.4 Å². The Bertz CT molecular complexity index is 281. The Morgan fingerprint density at radius 3 is 3.29 bits per heavy atom. The summed E-state index contributed by atoms with van der Waals surface area (Å²) >= 11 is 1.72. The van der Waals surface area contributed by atoms with E-state index in [9.17, 15) is 0 Å². The van der Waals surface area contributed by atoms with Gasteiger partial charge in [0.2, 0.25) is 0 Å². The van der Waals surface area contributed by atoms with Crippen LogP contribution < -0.4 is 5.32 Å². The quantitative estimate of drug-likeness (QED) is 0.825. The maximum Gasteiger partial charge on any atom is 0.107 e. The number of ether oxygens (including phenoxy) is 1. The van der Waals surface area contributed by atoms with E-state index >= 15 is 0 Å². The van der Waals surface area contributed by atoms with E-state index in [0.29, 0.717) is 6.10 Å². The molecule has 0 saturated carbocycles. The minimum absolute atomic E-state index is 0.427. The zero-order valence-corrected chi connectivity index (χ0v) is 9.27. The van der Waals surface area contributed by atoms with E-state index in [1.807, 2.05) is 6.92 Å². The summed E-state index contributed by atoms with van der Waals surface area (Å²) in [4.78, 5) is 4.39. The van der Waals surface area contributed by atoms with Crippen molar-refractivity contribution in [2.45, 2.75) is 32.4 Å². The lowest BCUT2D eigenvalue weighted by atomic mass is 10.2. The lowest BCUT2D eigenvalue weighted by Gasteiger charge is -2.09. The average Bonchev–Trinajstić information content (AvgIpc) is 2.77. The number of nitrogens with one attached hydrogen (secondary N) is 1. The number of hydrogen-bond donors (Lipinski definition) is 1. The SMILES string of the molecule is Cc1csc(CNC[C@H]2CCCO2)n1. The third-order valence-electron chi connectivity index (χ3n) is 2.34. The van der Waals surface area contributed by atoms with Crippen LogP contribution in [0.5, 0.6) is 0 Å². The van der Waals surface area contributed by atoms with E-state index < -0.39 is 0 Å². The van der Waals surface area contributed by atoms with Crippen LogP contribution in [0.4, 0.5) is 0 Å². The molecule has 1 aliphatic rings. The van der Waals surface area contributed by atoms with Crippen LogP contribution in [0.2, 0.25) is 0 Å². The van der Waals surface area contributed by atoms with Gasteiger partial charge in [-0.2, -0.15) is 0 Å². The molecule has 1 atom stereocenters. The van der Waals surface area contributed by atoms with Gasteiger partial charge in [-0.05, 0) is 19.8 Å². The predicted molar refractivity (Wildman–Crippen MR) is 57.5 cm³/mol. The molecule has 1 aliphatic heterocycles. The molecule has 1 fully saturated rings. The zero-order valence-electron chi connectivity index (χ0n) is 8.45. The molecule has 0 amide bonds. The largest absolute Gasteiger partial charge is 0.377 e. The van der Waals surface area contributed by atoms with E-state index in [1.165, 1.54) is 17.8 Å². The highest BCUT2D eigenvalue weighted by Gasteiger charge is 2.14. The van der Waals surface area contributed by atoms with Crippen LogP contribution in [0.25, 0.3) is 0 Å². The Labute approximate surface area is 88.5 Å². The molecule has 0 radical (unpaired) electrons. The molecule has 3 nitrogen and oxygen atoms in total. The van der Waals surface area contributed by atoms with Crippen LogP contribution in [-0.4, -0.2) is 24.2 Å². The summed E-state index contributed by atoms with van der Waals surface area (Å²) in [6, 6.07) is 0. The highest BCUT2D eigenvalue weighted by molar-refractivity contribution is 7.09. The van der Waals surface area contributed by atoms with Gasteiger partial charge < -0.3 is 10.1 Å². The van der Waals surface area contributed by atoms with Crippen molar-refractivity contribution in [1.82, 2.24) is 10.3 Å². The Hall–Kier alpha value is -0.450. The second-order valence-corrected chi connectivity index (χ2v) is 4.59. The minimum Gasteiger partial charge on any atom is -0.377 e. The number of nitrogens with zero attached hydrogens (tertiary/aromatic N) is 1. The second kappa shape index (κ2) is 4.87. The summed E-state index contributed by atoms with van der Waals surface area (Å²) in [5.74, 6) is 0. The van der Waals surface area contributed by atoms with Crippen molar-refractivity contribution in [2.24, 2.45) is 0 Å². The smallest absolute Gasteiger partial charge is 0.107 e. The van der Waals surface area contributed by atoms with Crippen molar-refractivity contribution in [3.05, 3.63) is 16.1 Å². The molecule has 0 bridgehead atoms. The fourth-order valence-corrected chi connectivity index (χ4v) is 2.37. The summed E-state index contributed by atoms with van der Waals surface area (Å²) < 4.78 is 5.52. The number of hydrogen-bond acceptors (Lipinski definition) is 4. The van der Waals surface area contributed by atoms with Gasteiger partial charge in [0.15, 0.2) is 0 Å². The highest BCUT2D eigenvalue weighted by Crippen LogP contribution is 2.11. The Kier molecular flexibility index (Phi) is 3.50. The van der Waals surface area contributed by atoms with E-state index in [2.05, 4.69) is 15.7 Å². The van der Waals surface area contributed by atoms with Crippen LogP contribution in [0.15, 0.2) is 5.38 Å². The maximum absolute atomic E-state index is 5.52.